The van der Waals surface area contributed by atoms with Gasteiger partial charge in [-0.2, -0.15) is 0 Å². The average molecular weight is 356 g/mol. The van der Waals surface area contributed by atoms with E-state index < -0.39 is 0 Å². The molecule has 2 unspecified atom stereocenters. The Labute approximate surface area is 149 Å². The highest BCUT2D eigenvalue weighted by atomic mass is 32.1. The summed E-state index contributed by atoms with van der Waals surface area (Å²) in [5.41, 5.74) is 1.97. The predicted octanol–water partition coefficient (Wildman–Crippen LogP) is 3.40. The molecule has 1 saturated carbocycles. The number of hydrogen-bond donors (Lipinski definition) is 2. The van der Waals surface area contributed by atoms with Crippen molar-refractivity contribution in [2.24, 2.45) is 5.92 Å². The maximum Gasteiger partial charge on any atom is 0.273 e. The molecule has 1 aliphatic carbocycles. The second-order valence-corrected chi connectivity index (χ2v) is 7.30. The number of imidazole rings is 1. The van der Waals surface area contributed by atoms with Crippen molar-refractivity contribution in [2.45, 2.75) is 32.2 Å². The van der Waals surface area contributed by atoms with E-state index in [1.807, 2.05) is 38.1 Å². The molecule has 3 aromatic rings. The molecule has 0 saturated heterocycles. The van der Waals surface area contributed by atoms with Crippen LogP contribution in [0.5, 0.6) is 5.19 Å². The largest absolute Gasteiger partial charge is 0.470 e. The van der Waals surface area contributed by atoms with Gasteiger partial charge in [0.25, 0.3) is 5.19 Å². The van der Waals surface area contributed by atoms with Crippen LogP contribution in [-0.2, 0) is 4.79 Å². The topological polar surface area (TPSA) is 79.9 Å². The molecule has 2 aromatic heterocycles. The molecule has 0 spiro atoms. The fraction of sp³-hybridized carbons (Fsp3) is 0.389. The van der Waals surface area contributed by atoms with E-state index in [9.17, 15) is 4.79 Å². The van der Waals surface area contributed by atoms with Crippen LogP contribution in [0.15, 0.2) is 30.5 Å². The van der Waals surface area contributed by atoms with Gasteiger partial charge < -0.3 is 15.0 Å². The zero-order chi connectivity index (χ0) is 17.4. The van der Waals surface area contributed by atoms with E-state index in [0.717, 1.165) is 28.2 Å². The molecule has 25 heavy (non-hydrogen) atoms. The number of thiazole rings is 1. The number of hydrogen-bond acceptors (Lipinski definition) is 5. The molecule has 130 valence electrons. The molecule has 0 bridgehead atoms. The van der Waals surface area contributed by atoms with Crippen LogP contribution in [0.25, 0.3) is 11.0 Å². The number of carbonyl (C=O) groups is 1. The third-order valence-corrected chi connectivity index (χ3v) is 5.53. The van der Waals surface area contributed by atoms with Crippen LogP contribution in [-0.4, -0.2) is 27.5 Å². The second kappa shape index (κ2) is 6.48. The number of benzene rings is 1. The van der Waals surface area contributed by atoms with Gasteiger partial charge in [0.15, 0.2) is 0 Å². The van der Waals surface area contributed by atoms with E-state index in [2.05, 4.69) is 20.3 Å². The number of fused-ring (bicyclic) bond motifs is 1. The molecule has 2 N–H and O–H groups in total. The lowest BCUT2D eigenvalue weighted by atomic mass is 10.2. The van der Waals surface area contributed by atoms with Gasteiger partial charge in [-0.15, -0.1) is 0 Å². The molecule has 1 aliphatic rings. The highest BCUT2D eigenvalue weighted by Crippen LogP contribution is 2.47. The Hall–Kier alpha value is -2.41. The quantitative estimate of drug-likeness (QED) is 0.709. The van der Waals surface area contributed by atoms with Crippen molar-refractivity contribution in [1.29, 1.82) is 0 Å². The van der Waals surface area contributed by atoms with Crippen molar-refractivity contribution in [3.63, 3.8) is 0 Å². The lowest BCUT2D eigenvalue weighted by Gasteiger charge is -2.11. The van der Waals surface area contributed by atoms with Crippen molar-refractivity contribution in [3.05, 3.63) is 41.2 Å². The number of H-pyrrole nitrogens is 1. The maximum atomic E-state index is 12.5. The monoisotopic (exact) mass is 356 g/mol. The second-order valence-electron chi connectivity index (χ2n) is 6.28. The van der Waals surface area contributed by atoms with Crippen LogP contribution in [0.1, 0.15) is 42.9 Å². The number of nitrogens with zero attached hydrogens (tertiary/aromatic N) is 2. The van der Waals surface area contributed by atoms with Crippen LogP contribution >= 0.6 is 11.3 Å². The minimum atomic E-state index is -0.0730. The molecule has 0 radical (unpaired) electrons. The van der Waals surface area contributed by atoms with Crippen LogP contribution < -0.4 is 10.1 Å². The molecular weight excluding hydrogens is 336 g/mol. The first-order valence-electron chi connectivity index (χ1n) is 8.49. The van der Waals surface area contributed by atoms with Gasteiger partial charge in [0.1, 0.15) is 5.82 Å². The van der Waals surface area contributed by atoms with Crippen LogP contribution in [0.2, 0.25) is 0 Å². The molecular formula is C18H20N4O2S. The summed E-state index contributed by atoms with van der Waals surface area (Å²) in [6.45, 7) is 4.49. The van der Waals surface area contributed by atoms with Gasteiger partial charge in [-0.05, 0) is 32.4 Å². The molecule has 1 aromatic carbocycles. The number of amides is 1. The Kier molecular flexibility index (Phi) is 4.17. The van der Waals surface area contributed by atoms with E-state index in [4.69, 9.17) is 4.74 Å². The Bertz CT molecular complexity index is 870. The van der Waals surface area contributed by atoms with E-state index >= 15 is 0 Å². The molecule has 1 amide bonds. The first-order chi connectivity index (χ1) is 12.2. The number of para-hydroxylation sites is 2. The first-order valence-corrected chi connectivity index (χ1v) is 9.31. The third-order valence-electron chi connectivity index (χ3n) is 4.44. The van der Waals surface area contributed by atoms with Crippen LogP contribution in [0, 0.1) is 5.92 Å². The van der Waals surface area contributed by atoms with Gasteiger partial charge >= 0.3 is 0 Å². The summed E-state index contributed by atoms with van der Waals surface area (Å²) in [5.74, 6) is 1.15. The summed E-state index contributed by atoms with van der Waals surface area (Å²) in [4.78, 5) is 25.7. The summed E-state index contributed by atoms with van der Waals surface area (Å²) in [6, 6.07) is 7.86. The number of aromatic amines is 1. The van der Waals surface area contributed by atoms with E-state index in [1.54, 1.807) is 6.20 Å². The molecule has 0 aliphatic heterocycles. The summed E-state index contributed by atoms with van der Waals surface area (Å²) >= 11 is 1.47. The molecule has 6 nitrogen and oxygen atoms in total. The van der Waals surface area contributed by atoms with Crippen molar-refractivity contribution in [1.82, 2.24) is 20.3 Å². The zero-order valence-corrected chi connectivity index (χ0v) is 15.0. The average Bonchev–Trinajstić information content (AvgIpc) is 3.07. The lowest BCUT2D eigenvalue weighted by molar-refractivity contribution is -0.123. The van der Waals surface area contributed by atoms with Gasteiger partial charge in [0.05, 0.1) is 28.6 Å². The molecule has 4 rings (SSSR count). The molecule has 2 heterocycles. The fourth-order valence-corrected chi connectivity index (χ4v) is 3.81. The Morgan fingerprint density at radius 1 is 1.48 bits per heavy atom. The van der Waals surface area contributed by atoms with Crippen molar-refractivity contribution < 1.29 is 9.53 Å². The number of carbonyl (C=O) groups excluding carboxylic acids is 1. The standard InChI is InChI=1S/C18H20N4O2S/c1-3-24-18-19-9-15(25-18)10(2)20-17(23)12-8-11(12)16-21-13-6-4-5-7-14(13)22-16/h4-7,9-12H,3,8H2,1-2H3,(H,20,23)(H,21,22)/t10-,11?,12?/m0/s1. The Morgan fingerprint density at radius 3 is 3.12 bits per heavy atom. The number of aromatic nitrogens is 3. The van der Waals surface area contributed by atoms with Crippen molar-refractivity contribution >= 4 is 28.3 Å². The Balaban J connectivity index is 1.38. The summed E-state index contributed by atoms with van der Waals surface area (Å²) < 4.78 is 5.39. The third kappa shape index (κ3) is 3.24. The van der Waals surface area contributed by atoms with E-state index in [1.165, 1.54) is 11.3 Å². The molecule has 3 atom stereocenters. The van der Waals surface area contributed by atoms with Crippen molar-refractivity contribution in [2.75, 3.05) is 6.61 Å². The summed E-state index contributed by atoms with van der Waals surface area (Å²) in [6.07, 6.45) is 2.61. The predicted molar refractivity (Wildman–Crippen MR) is 96.8 cm³/mol. The lowest BCUT2D eigenvalue weighted by Crippen LogP contribution is -2.28. The molecule has 1 fully saturated rings. The van der Waals surface area contributed by atoms with Gasteiger partial charge in [-0.3, -0.25) is 4.79 Å². The van der Waals surface area contributed by atoms with Crippen molar-refractivity contribution in [3.8, 4) is 5.19 Å². The first kappa shape index (κ1) is 16.1. The highest BCUT2D eigenvalue weighted by Gasteiger charge is 2.46. The zero-order valence-electron chi connectivity index (χ0n) is 14.2. The van der Waals surface area contributed by atoms with Gasteiger partial charge in [0.2, 0.25) is 5.91 Å². The smallest absolute Gasteiger partial charge is 0.273 e. The number of nitrogens with one attached hydrogen (secondary N) is 2. The SMILES string of the molecule is CCOc1ncc([C@H](C)NC(=O)C2CC2c2nc3ccccc3[nH]2)s1. The number of ether oxygens (including phenoxy) is 1. The van der Waals surface area contributed by atoms with Gasteiger partial charge in [-0.1, -0.05) is 23.5 Å². The van der Waals surface area contributed by atoms with Crippen LogP contribution in [0.3, 0.4) is 0 Å². The number of rotatable bonds is 6. The highest BCUT2D eigenvalue weighted by molar-refractivity contribution is 7.13. The van der Waals surface area contributed by atoms with Gasteiger partial charge in [-0.25, -0.2) is 9.97 Å². The normalized spacial score (nSPS) is 20.4. The van der Waals surface area contributed by atoms with Gasteiger partial charge in [0, 0.05) is 18.0 Å². The van der Waals surface area contributed by atoms with Crippen LogP contribution in [0.4, 0.5) is 0 Å². The fourth-order valence-electron chi connectivity index (χ4n) is 2.99. The minimum Gasteiger partial charge on any atom is -0.470 e. The van der Waals surface area contributed by atoms with E-state index in [0.29, 0.717) is 11.8 Å². The minimum absolute atomic E-state index is 0.0118. The summed E-state index contributed by atoms with van der Waals surface area (Å²) in [7, 11) is 0. The molecule has 7 heteroatoms. The van der Waals surface area contributed by atoms with E-state index in [-0.39, 0.29) is 23.8 Å². The Morgan fingerprint density at radius 2 is 2.32 bits per heavy atom. The maximum absolute atomic E-state index is 12.5. The summed E-state index contributed by atoms with van der Waals surface area (Å²) in [5, 5.41) is 3.72.